The van der Waals surface area contributed by atoms with Gasteiger partial charge in [0, 0.05) is 18.0 Å². The quantitative estimate of drug-likeness (QED) is 0.872. The Morgan fingerprint density at radius 3 is 2.71 bits per heavy atom. The van der Waals surface area contributed by atoms with E-state index in [4.69, 9.17) is 0 Å². The van der Waals surface area contributed by atoms with Crippen molar-refractivity contribution in [2.75, 3.05) is 0 Å². The van der Waals surface area contributed by atoms with Crippen LogP contribution in [0.15, 0.2) is 35.7 Å². The van der Waals surface area contributed by atoms with Gasteiger partial charge in [0.15, 0.2) is 0 Å². The van der Waals surface area contributed by atoms with E-state index in [0.717, 1.165) is 18.7 Å². The molecule has 2 nitrogen and oxygen atoms in total. The topological polar surface area (TPSA) is 24.9 Å². The van der Waals surface area contributed by atoms with E-state index in [1.165, 1.54) is 10.6 Å². The van der Waals surface area contributed by atoms with Gasteiger partial charge in [-0.25, -0.2) is 4.98 Å². The van der Waals surface area contributed by atoms with E-state index >= 15 is 0 Å². The van der Waals surface area contributed by atoms with Crippen LogP contribution >= 0.6 is 11.3 Å². The van der Waals surface area contributed by atoms with Crippen molar-refractivity contribution in [3.63, 3.8) is 0 Å². The lowest BCUT2D eigenvalue weighted by Crippen LogP contribution is -2.18. The zero-order valence-corrected chi connectivity index (χ0v) is 11.1. The number of aromatic nitrogens is 1. The van der Waals surface area contributed by atoms with E-state index in [1.54, 1.807) is 11.3 Å². The van der Waals surface area contributed by atoms with Crippen molar-refractivity contribution in [2.24, 2.45) is 0 Å². The van der Waals surface area contributed by atoms with Crippen LogP contribution in [-0.4, -0.2) is 4.98 Å². The second-order valence-corrected chi connectivity index (χ2v) is 5.04. The molecule has 0 unspecified atom stereocenters. The Bertz CT molecular complexity index is 450. The Kier molecular flexibility index (Phi) is 4.29. The van der Waals surface area contributed by atoms with Gasteiger partial charge in [-0.15, -0.1) is 11.3 Å². The molecule has 2 rings (SSSR count). The number of thiazole rings is 1. The molecule has 1 atom stereocenters. The molecule has 0 aliphatic heterocycles. The molecule has 1 aromatic carbocycles. The molecule has 0 amide bonds. The molecule has 0 fully saturated rings. The molecule has 3 heteroatoms. The molecule has 0 spiro atoms. The smallest absolute Gasteiger partial charge is 0.0926 e. The summed E-state index contributed by atoms with van der Waals surface area (Å²) in [7, 11) is 0. The SMILES string of the molecule is CCc1nc(CN[C@H](C)c2ccccc2)cs1. The molecular weight excluding hydrogens is 228 g/mol. The predicted octanol–water partition coefficient (Wildman–Crippen LogP) is 3.56. The number of aryl methyl sites for hydroxylation is 1. The summed E-state index contributed by atoms with van der Waals surface area (Å²) in [5.74, 6) is 0. The van der Waals surface area contributed by atoms with Gasteiger partial charge in [0.05, 0.1) is 10.7 Å². The summed E-state index contributed by atoms with van der Waals surface area (Å²) in [6.07, 6.45) is 1.03. The fraction of sp³-hybridized carbons (Fsp3) is 0.357. The lowest BCUT2D eigenvalue weighted by atomic mass is 10.1. The van der Waals surface area contributed by atoms with Crippen LogP contribution in [0.1, 0.15) is 36.2 Å². The minimum absolute atomic E-state index is 0.364. The number of benzene rings is 1. The van der Waals surface area contributed by atoms with Crippen LogP contribution < -0.4 is 5.32 Å². The Morgan fingerprint density at radius 1 is 1.29 bits per heavy atom. The summed E-state index contributed by atoms with van der Waals surface area (Å²) in [4.78, 5) is 4.55. The molecule has 0 saturated carbocycles. The van der Waals surface area contributed by atoms with E-state index in [-0.39, 0.29) is 0 Å². The van der Waals surface area contributed by atoms with E-state index in [2.05, 4.69) is 53.8 Å². The van der Waals surface area contributed by atoms with Crippen molar-refractivity contribution in [3.05, 3.63) is 52.0 Å². The highest BCUT2D eigenvalue weighted by Crippen LogP contribution is 2.14. The number of hydrogen-bond donors (Lipinski definition) is 1. The molecule has 0 saturated heterocycles. The highest BCUT2D eigenvalue weighted by Gasteiger charge is 2.05. The summed E-state index contributed by atoms with van der Waals surface area (Å²) in [6, 6.07) is 10.9. The zero-order chi connectivity index (χ0) is 12.1. The largest absolute Gasteiger partial charge is 0.305 e. The third kappa shape index (κ3) is 3.38. The van der Waals surface area contributed by atoms with E-state index < -0.39 is 0 Å². The maximum atomic E-state index is 4.55. The summed E-state index contributed by atoms with van der Waals surface area (Å²) in [5.41, 5.74) is 2.47. The van der Waals surface area contributed by atoms with Gasteiger partial charge in [-0.1, -0.05) is 37.3 Å². The second kappa shape index (κ2) is 5.94. The van der Waals surface area contributed by atoms with Crippen LogP contribution in [0, 0.1) is 0 Å². The minimum Gasteiger partial charge on any atom is -0.305 e. The number of hydrogen-bond acceptors (Lipinski definition) is 3. The Hall–Kier alpha value is -1.19. The van der Waals surface area contributed by atoms with Gasteiger partial charge in [0.2, 0.25) is 0 Å². The fourth-order valence-electron chi connectivity index (χ4n) is 1.71. The first-order chi connectivity index (χ1) is 8.29. The van der Waals surface area contributed by atoms with Gasteiger partial charge in [-0.05, 0) is 18.9 Å². The van der Waals surface area contributed by atoms with Crippen molar-refractivity contribution in [1.82, 2.24) is 10.3 Å². The van der Waals surface area contributed by atoms with Crippen LogP contribution in [0.4, 0.5) is 0 Å². The van der Waals surface area contributed by atoms with Crippen molar-refractivity contribution >= 4 is 11.3 Å². The van der Waals surface area contributed by atoms with E-state index in [1.807, 2.05) is 6.07 Å². The Morgan fingerprint density at radius 2 is 2.06 bits per heavy atom. The van der Waals surface area contributed by atoms with Gasteiger partial charge in [-0.2, -0.15) is 0 Å². The minimum atomic E-state index is 0.364. The number of nitrogens with zero attached hydrogens (tertiary/aromatic N) is 1. The molecule has 1 heterocycles. The molecule has 1 N–H and O–H groups in total. The summed E-state index contributed by atoms with van der Waals surface area (Å²) >= 11 is 1.75. The Labute approximate surface area is 107 Å². The predicted molar refractivity (Wildman–Crippen MR) is 73.2 cm³/mol. The zero-order valence-electron chi connectivity index (χ0n) is 10.3. The average Bonchev–Trinajstić information content (AvgIpc) is 2.85. The average molecular weight is 246 g/mol. The monoisotopic (exact) mass is 246 g/mol. The first-order valence-electron chi connectivity index (χ1n) is 6.01. The molecule has 2 aromatic rings. The summed E-state index contributed by atoms with van der Waals surface area (Å²) < 4.78 is 0. The Balaban J connectivity index is 1.90. The molecular formula is C14H18N2S. The standard InChI is InChI=1S/C14H18N2S/c1-3-14-16-13(10-17-14)9-15-11(2)12-7-5-4-6-8-12/h4-8,10-11,15H,3,9H2,1-2H3/t11-/m1/s1. The van der Waals surface area contributed by atoms with E-state index in [0.29, 0.717) is 6.04 Å². The normalized spacial score (nSPS) is 12.6. The van der Waals surface area contributed by atoms with E-state index in [9.17, 15) is 0 Å². The summed E-state index contributed by atoms with van der Waals surface area (Å²) in [5, 5.41) is 6.86. The maximum absolute atomic E-state index is 4.55. The molecule has 17 heavy (non-hydrogen) atoms. The van der Waals surface area contributed by atoms with Gasteiger partial charge < -0.3 is 5.32 Å². The second-order valence-electron chi connectivity index (χ2n) is 4.10. The first kappa shape index (κ1) is 12.3. The van der Waals surface area contributed by atoms with Crippen molar-refractivity contribution in [3.8, 4) is 0 Å². The van der Waals surface area contributed by atoms with Gasteiger partial charge >= 0.3 is 0 Å². The fourth-order valence-corrected chi connectivity index (χ4v) is 2.45. The molecule has 0 radical (unpaired) electrons. The molecule has 90 valence electrons. The highest BCUT2D eigenvalue weighted by molar-refractivity contribution is 7.09. The van der Waals surface area contributed by atoms with Crippen LogP contribution in [0.25, 0.3) is 0 Å². The van der Waals surface area contributed by atoms with Gasteiger partial charge in [0.1, 0.15) is 0 Å². The third-order valence-corrected chi connectivity index (χ3v) is 3.83. The molecule has 0 aliphatic rings. The lowest BCUT2D eigenvalue weighted by molar-refractivity contribution is 0.568. The highest BCUT2D eigenvalue weighted by atomic mass is 32.1. The summed E-state index contributed by atoms with van der Waals surface area (Å²) in [6.45, 7) is 5.16. The van der Waals surface area contributed by atoms with Crippen LogP contribution in [-0.2, 0) is 13.0 Å². The van der Waals surface area contributed by atoms with Crippen molar-refractivity contribution < 1.29 is 0 Å². The third-order valence-electron chi connectivity index (χ3n) is 2.79. The number of nitrogens with one attached hydrogen (secondary N) is 1. The van der Waals surface area contributed by atoms with Gasteiger partial charge in [-0.3, -0.25) is 0 Å². The first-order valence-corrected chi connectivity index (χ1v) is 6.89. The molecule has 1 aromatic heterocycles. The van der Waals surface area contributed by atoms with Crippen LogP contribution in [0.3, 0.4) is 0 Å². The van der Waals surface area contributed by atoms with Crippen LogP contribution in [0.5, 0.6) is 0 Å². The number of rotatable bonds is 5. The van der Waals surface area contributed by atoms with Crippen LogP contribution in [0.2, 0.25) is 0 Å². The van der Waals surface area contributed by atoms with Gasteiger partial charge in [0.25, 0.3) is 0 Å². The maximum Gasteiger partial charge on any atom is 0.0926 e. The van der Waals surface area contributed by atoms with Crippen molar-refractivity contribution in [1.29, 1.82) is 0 Å². The molecule has 0 bridgehead atoms. The molecule has 0 aliphatic carbocycles. The lowest BCUT2D eigenvalue weighted by Gasteiger charge is -2.12. The van der Waals surface area contributed by atoms with Crippen molar-refractivity contribution in [2.45, 2.75) is 32.9 Å².